The zero-order chi connectivity index (χ0) is 31.5. The number of fused-ring (bicyclic) bond motifs is 4. The fourth-order valence-electron chi connectivity index (χ4n) is 5.91. The van der Waals surface area contributed by atoms with E-state index in [1.807, 2.05) is 46.8 Å². The summed E-state index contributed by atoms with van der Waals surface area (Å²) in [5.41, 5.74) is 0.575. The average Bonchev–Trinajstić information content (AvgIpc) is 3.25. The van der Waals surface area contributed by atoms with Gasteiger partial charge in [0, 0.05) is 12.0 Å². The van der Waals surface area contributed by atoms with Crippen molar-refractivity contribution < 1.29 is 33.7 Å². The number of rotatable bonds is 2. The Balaban J connectivity index is 1.73. The molecule has 2 N–H and O–H groups in total. The number of aliphatic carboxylic acids is 1. The molecule has 1 saturated heterocycles. The molecule has 43 heavy (non-hydrogen) atoms. The number of benzene rings is 1. The van der Waals surface area contributed by atoms with Gasteiger partial charge in [0.15, 0.2) is 0 Å². The molecule has 0 radical (unpaired) electrons. The van der Waals surface area contributed by atoms with Gasteiger partial charge >= 0.3 is 12.1 Å². The third-order valence-electron chi connectivity index (χ3n) is 8.44. The third kappa shape index (κ3) is 7.67. The molecule has 3 heterocycles. The lowest BCUT2D eigenvalue weighted by atomic mass is 9.85. The highest BCUT2D eigenvalue weighted by atomic mass is 16.6. The van der Waals surface area contributed by atoms with Crippen LogP contribution in [0.5, 0.6) is 11.6 Å². The Labute approximate surface area is 253 Å². The van der Waals surface area contributed by atoms with Crippen molar-refractivity contribution in [3.05, 3.63) is 23.9 Å². The normalized spacial score (nSPS) is 25.8. The van der Waals surface area contributed by atoms with Gasteiger partial charge in [0.1, 0.15) is 35.2 Å². The van der Waals surface area contributed by atoms with E-state index in [0.29, 0.717) is 41.2 Å². The van der Waals surface area contributed by atoms with Crippen LogP contribution in [0.3, 0.4) is 0 Å². The van der Waals surface area contributed by atoms with Crippen molar-refractivity contribution in [2.45, 2.75) is 110 Å². The smallest absolute Gasteiger partial charge is 0.408 e. The largest absolute Gasteiger partial charge is 0.497 e. The van der Waals surface area contributed by atoms with Gasteiger partial charge in [0.25, 0.3) is 0 Å². The van der Waals surface area contributed by atoms with Gasteiger partial charge < -0.3 is 29.5 Å². The van der Waals surface area contributed by atoms with Crippen LogP contribution in [-0.4, -0.2) is 75.4 Å². The van der Waals surface area contributed by atoms with E-state index in [0.717, 1.165) is 32.1 Å². The first-order chi connectivity index (χ1) is 20.2. The Morgan fingerprint density at radius 3 is 2.47 bits per heavy atom. The molecule has 2 aliphatic heterocycles. The first-order valence-corrected chi connectivity index (χ1v) is 15.2. The zero-order valence-electron chi connectivity index (χ0n) is 26.4. The SMILES string of the molecule is COc1ccc2nc3c(nc2c1)O[C@H]1CN(C(=O)[C@H](C(C)(C)C)NC(=O)OC(C)(C)CCCCCCC3)[C@H](C(=O)O)[C@@H]1C. The van der Waals surface area contributed by atoms with Crippen molar-refractivity contribution in [2.75, 3.05) is 13.7 Å². The predicted octanol–water partition coefficient (Wildman–Crippen LogP) is 5.13. The van der Waals surface area contributed by atoms with E-state index in [-0.39, 0.29) is 6.54 Å². The van der Waals surface area contributed by atoms with Gasteiger partial charge in [-0.3, -0.25) is 4.79 Å². The van der Waals surface area contributed by atoms with Crippen LogP contribution in [0.4, 0.5) is 4.79 Å². The third-order valence-corrected chi connectivity index (χ3v) is 8.44. The Bertz CT molecular complexity index is 1340. The van der Waals surface area contributed by atoms with Crippen LogP contribution in [0.25, 0.3) is 11.0 Å². The lowest BCUT2D eigenvalue weighted by Crippen LogP contribution is -2.57. The Morgan fingerprint density at radius 2 is 1.79 bits per heavy atom. The number of hydrogen-bond donors (Lipinski definition) is 2. The number of methoxy groups -OCH3 is 1. The molecular weight excluding hydrogens is 552 g/mol. The monoisotopic (exact) mass is 598 g/mol. The number of aromatic nitrogens is 2. The average molecular weight is 599 g/mol. The fourth-order valence-corrected chi connectivity index (χ4v) is 5.91. The van der Waals surface area contributed by atoms with Gasteiger partial charge in [-0.1, -0.05) is 47.0 Å². The number of carboxylic acids is 1. The highest BCUT2D eigenvalue weighted by molar-refractivity contribution is 5.90. The van der Waals surface area contributed by atoms with Gasteiger partial charge in [0.2, 0.25) is 11.8 Å². The minimum atomic E-state index is -1.15. The van der Waals surface area contributed by atoms with E-state index in [1.165, 1.54) is 4.90 Å². The molecule has 0 aliphatic carbocycles. The number of hydrogen-bond acceptors (Lipinski definition) is 8. The minimum Gasteiger partial charge on any atom is -0.497 e. The molecule has 1 fully saturated rings. The molecule has 1 aromatic carbocycles. The maximum Gasteiger partial charge on any atom is 0.408 e. The molecule has 2 aliphatic rings. The topological polar surface area (TPSA) is 140 Å². The fraction of sp³-hybridized carbons (Fsp3) is 0.656. The molecule has 0 spiro atoms. The standard InChI is InChI=1S/C32H46N4O7/c1-19-24-18-36(25(19)29(38)39)28(37)26(31(2,3)4)35-30(40)43-32(5,6)16-12-10-8-9-11-13-22-27(42-24)34-23-17-20(41-7)14-15-21(23)33-22/h14-15,17,19,24-26H,8-13,16,18H2,1-7H3,(H,35,40)(H,38,39)/t19-,24+,25+,26-/m1/s1. The second-order valence-corrected chi connectivity index (χ2v) is 13.5. The summed E-state index contributed by atoms with van der Waals surface area (Å²) < 4.78 is 17.6. The summed E-state index contributed by atoms with van der Waals surface area (Å²) in [4.78, 5) is 50.6. The summed E-state index contributed by atoms with van der Waals surface area (Å²) in [6.45, 7) is 11.0. The maximum absolute atomic E-state index is 14.0. The molecule has 11 nitrogen and oxygen atoms in total. The van der Waals surface area contributed by atoms with E-state index in [2.05, 4.69) is 5.32 Å². The zero-order valence-corrected chi connectivity index (χ0v) is 26.4. The summed E-state index contributed by atoms with van der Waals surface area (Å²) in [6.07, 6.45) is 4.74. The van der Waals surface area contributed by atoms with Crippen molar-refractivity contribution in [1.82, 2.24) is 20.2 Å². The molecule has 4 rings (SSSR count). The molecule has 236 valence electrons. The number of carbonyl (C=O) groups is 3. The Hall–Kier alpha value is -3.63. The number of ether oxygens (including phenoxy) is 3. The van der Waals surface area contributed by atoms with Gasteiger partial charge in [-0.15, -0.1) is 0 Å². The van der Waals surface area contributed by atoms with Gasteiger partial charge in [-0.25, -0.2) is 19.6 Å². The number of alkyl carbamates (subject to hydrolysis) is 1. The van der Waals surface area contributed by atoms with Crippen LogP contribution < -0.4 is 14.8 Å². The summed E-state index contributed by atoms with van der Waals surface area (Å²) in [5, 5.41) is 13.0. The van der Waals surface area contributed by atoms with E-state index < -0.39 is 53.1 Å². The number of nitrogens with zero attached hydrogens (tertiary/aromatic N) is 3. The number of aryl methyl sites for hydroxylation is 1. The predicted molar refractivity (Wildman–Crippen MR) is 161 cm³/mol. The van der Waals surface area contributed by atoms with E-state index in [9.17, 15) is 19.5 Å². The second kappa shape index (κ2) is 12.9. The molecule has 2 bridgehead atoms. The maximum atomic E-state index is 14.0. The van der Waals surface area contributed by atoms with Crippen LogP contribution in [0.1, 0.15) is 85.8 Å². The van der Waals surface area contributed by atoms with E-state index in [4.69, 9.17) is 24.2 Å². The van der Waals surface area contributed by atoms with Crippen molar-refractivity contribution in [2.24, 2.45) is 11.3 Å². The van der Waals surface area contributed by atoms with Crippen LogP contribution in [-0.2, 0) is 20.7 Å². The quantitative estimate of drug-likeness (QED) is 0.481. The molecule has 2 amide bonds. The summed E-state index contributed by atoms with van der Waals surface area (Å²) >= 11 is 0. The number of carboxylic acid groups (broad SMARTS) is 1. The summed E-state index contributed by atoms with van der Waals surface area (Å²) in [7, 11) is 1.58. The number of amides is 2. The first-order valence-electron chi connectivity index (χ1n) is 15.2. The molecule has 0 unspecified atom stereocenters. The summed E-state index contributed by atoms with van der Waals surface area (Å²) in [5.74, 6) is -1.23. The van der Waals surface area contributed by atoms with Crippen LogP contribution in [0, 0.1) is 11.3 Å². The van der Waals surface area contributed by atoms with E-state index in [1.54, 1.807) is 20.1 Å². The molecule has 4 atom stereocenters. The van der Waals surface area contributed by atoms with E-state index >= 15 is 0 Å². The van der Waals surface area contributed by atoms with Crippen molar-refractivity contribution >= 4 is 29.0 Å². The van der Waals surface area contributed by atoms with Gasteiger partial charge in [-0.2, -0.15) is 0 Å². The second-order valence-electron chi connectivity index (χ2n) is 13.5. The number of nitrogens with one attached hydrogen (secondary N) is 1. The highest BCUT2D eigenvalue weighted by Crippen LogP contribution is 2.34. The Kier molecular flexibility index (Phi) is 9.71. The first kappa shape index (κ1) is 32.3. The molecule has 2 aromatic rings. The van der Waals surface area contributed by atoms with Crippen molar-refractivity contribution in [3.8, 4) is 11.6 Å². The van der Waals surface area contributed by atoms with Crippen LogP contribution >= 0.6 is 0 Å². The molecule has 1 aromatic heterocycles. The minimum absolute atomic E-state index is 0.0169. The van der Waals surface area contributed by atoms with Gasteiger partial charge in [-0.05, 0) is 57.1 Å². The molecule has 11 heteroatoms. The highest BCUT2D eigenvalue weighted by Gasteiger charge is 2.50. The molecular formula is C32H46N4O7. The van der Waals surface area contributed by atoms with Crippen LogP contribution in [0.2, 0.25) is 0 Å². The molecule has 0 saturated carbocycles. The lowest BCUT2D eigenvalue weighted by Gasteiger charge is -2.35. The van der Waals surface area contributed by atoms with Crippen molar-refractivity contribution in [3.63, 3.8) is 0 Å². The Morgan fingerprint density at radius 1 is 1.09 bits per heavy atom. The van der Waals surface area contributed by atoms with Crippen LogP contribution in [0.15, 0.2) is 18.2 Å². The summed E-state index contributed by atoms with van der Waals surface area (Å²) in [6, 6.07) is 3.31. The number of carbonyl (C=O) groups excluding carboxylic acids is 2. The van der Waals surface area contributed by atoms with Crippen molar-refractivity contribution in [1.29, 1.82) is 0 Å². The number of cyclic esters (lactones) is 1. The lowest BCUT2D eigenvalue weighted by molar-refractivity contribution is -0.151. The van der Waals surface area contributed by atoms with Gasteiger partial charge in [0.05, 0.1) is 24.7 Å².